The summed E-state index contributed by atoms with van der Waals surface area (Å²) >= 11 is 0. The van der Waals surface area contributed by atoms with Crippen molar-refractivity contribution in [3.05, 3.63) is 0 Å². The second-order valence-corrected chi connectivity index (χ2v) is 3.23. The largest absolute Gasteiger partial charge is 0.480 e. The minimum Gasteiger partial charge on any atom is -0.480 e. The molecule has 0 rings (SSSR count). The molecule has 0 saturated carbocycles. The predicted molar refractivity (Wildman–Crippen MR) is 48.8 cm³/mol. The van der Waals surface area contributed by atoms with Gasteiger partial charge in [0.15, 0.2) is 0 Å². The lowest BCUT2D eigenvalue weighted by Crippen LogP contribution is -2.61. The summed E-state index contributed by atoms with van der Waals surface area (Å²) in [5.41, 5.74) is -3.13. The molecule has 0 bridgehead atoms. The Kier molecular flexibility index (Phi) is 4.73. The Labute approximate surface area is 90.0 Å². The molecule has 0 heterocycles. The standard InChI is InChI=1S/C8H13F3N2O3/c1-3-12-5(14)4-13-7(2,6(15)16)8(9,10)11/h13H,3-4H2,1-2H3,(H,12,14)(H,15,16). The lowest BCUT2D eigenvalue weighted by atomic mass is 10.0. The van der Waals surface area contributed by atoms with Gasteiger partial charge in [0.2, 0.25) is 11.4 Å². The van der Waals surface area contributed by atoms with Gasteiger partial charge in [-0.25, -0.2) is 4.79 Å². The molecule has 0 aromatic carbocycles. The summed E-state index contributed by atoms with van der Waals surface area (Å²) in [5.74, 6) is -2.77. The molecule has 0 spiro atoms. The number of amides is 1. The molecule has 3 N–H and O–H groups in total. The van der Waals surface area contributed by atoms with Crippen molar-refractivity contribution < 1.29 is 27.9 Å². The van der Waals surface area contributed by atoms with E-state index in [0.29, 0.717) is 6.92 Å². The van der Waals surface area contributed by atoms with Crippen LogP contribution in [0.25, 0.3) is 0 Å². The Morgan fingerprint density at radius 1 is 1.31 bits per heavy atom. The molecule has 16 heavy (non-hydrogen) atoms. The molecule has 0 fully saturated rings. The number of hydrogen-bond acceptors (Lipinski definition) is 3. The van der Waals surface area contributed by atoms with E-state index >= 15 is 0 Å². The number of rotatable bonds is 5. The topological polar surface area (TPSA) is 78.4 Å². The van der Waals surface area contributed by atoms with Crippen LogP contribution in [0.3, 0.4) is 0 Å². The summed E-state index contributed by atoms with van der Waals surface area (Å²) in [7, 11) is 0. The van der Waals surface area contributed by atoms with E-state index in [1.165, 1.54) is 0 Å². The van der Waals surface area contributed by atoms with E-state index in [2.05, 4.69) is 5.32 Å². The summed E-state index contributed by atoms with van der Waals surface area (Å²) in [6.07, 6.45) is -4.98. The number of halogens is 3. The molecule has 1 atom stereocenters. The van der Waals surface area contributed by atoms with Gasteiger partial charge < -0.3 is 10.4 Å². The highest BCUT2D eigenvalue weighted by molar-refractivity contribution is 5.82. The number of likely N-dealkylation sites (N-methyl/N-ethyl adjacent to an activating group) is 1. The predicted octanol–water partition coefficient (Wildman–Crippen LogP) is 0.118. The van der Waals surface area contributed by atoms with Gasteiger partial charge >= 0.3 is 12.1 Å². The van der Waals surface area contributed by atoms with E-state index < -0.39 is 30.1 Å². The quantitative estimate of drug-likeness (QED) is 0.639. The van der Waals surface area contributed by atoms with Crippen LogP contribution in [0.4, 0.5) is 13.2 Å². The molecule has 0 aromatic rings. The maximum absolute atomic E-state index is 12.4. The van der Waals surface area contributed by atoms with E-state index in [4.69, 9.17) is 5.11 Å². The maximum Gasteiger partial charge on any atom is 0.417 e. The van der Waals surface area contributed by atoms with E-state index in [9.17, 15) is 22.8 Å². The van der Waals surface area contributed by atoms with Crippen molar-refractivity contribution in [2.75, 3.05) is 13.1 Å². The Morgan fingerprint density at radius 2 is 1.81 bits per heavy atom. The van der Waals surface area contributed by atoms with E-state index in [-0.39, 0.29) is 6.54 Å². The lowest BCUT2D eigenvalue weighted by Gasteiger charge is -2.28. The van der Waals surface area contributed by atoms with Gasteiger partial charge in [-0.3, -0.25) is 10.1 Å². The van der Waals surface area contributed by atoms with Gasteiger partial charge in [-0.2, -0.15) is 13.2 Å². The highest BCUT2D eigenvalue weighted by Crippen LogP contribution is 2.30. The average molecular weight is 242 g/mol. The van der Waals surface area contributed by atoms with Gasteiger partial charge in [0.25, 0.3) is 0 Å². The second-order valence-electron chi connectivity index (χ2n) is 3.23. The number of carbonyl (C=O) groups is 2. The highest BCUT2D eigenvalue weighted by Gasteiger charge is 2.57. The summed E-state index contributed by atoms with van der Waals surface area (Å²) < 4.78 is 37.2. The summed E-state index contributed by atoms with van der Waals surface area (Å²) in [4.78, 5) is 21.4. The monoisotopic (exact) mass is 242 g/mol. The molecule has 1 unspecified atom stereocenters. The van der Waals surface area contributed by atoms with Crippen molar-refractivity contribution in [1.29, 1.82) is 0 Å². The number of alkyl halides is 3. The van der Waals surface area contributed by atoms with E-state index in [0.717, 1.165) is 0 Å². The summed E-state index contributed by atoms with van der Waals surface area (Å²) in [5, 5.41) is 12.4. The van der Waals surface area contributed by atoms with Crippen LogP contribution >= 0.6 is 0 Å². The van der Waals surface area contributed by atoms with Crippen molar-refractivity contribution in [2.45, 2.75) is 25.6 Å². The summed E-state index contributed by atoms with van der Waals surface area (Å²) in [6, 6.07) is 0. The zero-order valence-corrected chi connectivity index (χ0v) is 8.81. The molecule has 0 aromatic heterocycles. The van der Waals surface area contributed by atoms with Crippen molar-refractivity contribution >= 4 is 11.9 Å². The molecular weight excluding hydrogens is 229 g/mol. The first-order valence-electron chi connectivity index (χ1n) is 4.47. The number of nitrogens with one attached hydrogen (secondary N) is 2. The number of carboxylic acids is 1. The zero-order chi connectivity index (χ0) is 13.0. The van der Waals surface area contributed by atoms with Crippen LogP contribution in [0.15, 0.2) is 0 Å². The van der Waals surface area contributed by atoms with Crippen LogP contribution in [0.5, 0.6) is 0 Å². The van der Waals surface area contributed by atoms with Gasteiger partial charge in [0.1, 0.15) is 0 Å². The van der Waals surface area contributed by atoms with Gasteiger partial charge in [0.05, 0.1) is 6.54 Å². The minimum absolute atomic E-state index is 0.260. The van der Waals surface area contributed by atoms with Crippen LogP contribution in [-0.4, -0.2) is 41.8 Å². The van der Waals surface area contributed by atoms with Crippen LogP contribution < -0.4 is 10.6 Å². The number of carbonyl (C=O) groups excluding carboxylic acids is 1. The van der Waals surface area contributed by atoms with Crippen LogP contribution in [-0.2, 0) is 9.59 Å². The molecule has 0 aliphatic rings. The van der Waals surface area contributed by atoms with Crippen molar-refractivity contribution in [3.8, 4) is 0 Å². The van der Waals surface area contributed by atoms with Crippen LogP contribution in [0.1, 0.15) is 13.8 Å². The molecular formula is C8H13F3N2O3. The molecule has 5 nitrogen and oxygen atoms in total. The lowest BCUT2D eigenvalue weighted by molar-refractivity contribution is -0.205. The molecule has 0 aliphatic heterocycles. The van der Waals surface area contributed by atoms with Gasteiger partial charge in [-0.05, 0) is 13.8 Å². The van der Waals surface area contributed by atoms with Crippen LogP contribution in [0.2, 0.25) is 0 Å². The van der Waals surface area contributed by atoms with Crippen molar-refractivity contribution in [3.63, 3.8) is 0 Å². The molecule has 94 valence electrons. The van der Waals surface area contributed by atoms with Crippen molar-refractivity contribution in [1.82, 2.24) is 10.6 Å². The molecule has 1 amide bonds. The van der Waals surface area contributed by atoms with E-state index in [1.54, 1.807) is 12.2 Å². The highest BCUT2D eigenvalue weighted by atomic mass is 19.4. The molecule has 0 radical (unpaired) electrons. The molecule has 8 heteroatoms. The number of hydrogen-bond donors (Lipinski definition) is 3. The Morgan fingerprint density at radius 3 is 2.12 bits per heavy atom. The first kappa shape index (κ1) is 14.7. The molecule has 0 saturated heterocycles. The number of carboxylic acid groups (broad SMARTS) is 1. The zero-order valence-electron chi connectivity index (χ0n) is 8.81. The second kappa shape index (κ2) is 5.15. The Balaban J connectivity index is 4.60. The SMILES string of the molecule is CCNC(=O)CNC(C)(C(=O)O)C(F)(F)F. The normalized spacial score (nSPS) is 15.3. The third-order valence-electron chi connectivity index (χ3n) is 1.97. The smallest absolute Gasteiger partial charge is 0.417 e. The Bertz CT molecular complexity index is 280. The Hall–Kier alpha value is -1.31. The molecule has 0 aliphatic carbocycles. The van der Waals surface area contributed by atoms with Gasteiger partial charge in [-0.1, -0.05) is 0 Å². The fourth-order valence-electron chi connectivity index (χ4n) is 0.814. The first-order valence-corrected chi connectivity index (χ1v) is 4.47. The number of aliphatic carboxylic acids is 1. The summed E-state index contributed by atoms with van der Waals surface area (Å²) in [6.45, 7) is 1.61. The van der Waals surface area contributed by atoms with Gasteiger partial charge in [0, 0.05) is 6.54 Å². The fourth-order valence-corrected chi connectivity index (χ4v) is 0.814. The third-order valence-corrected chi connectivity index (χ3v) is 1.97. The first-order chi connectivity index (χ1) is 7.15. The fraction of sp³-hybridized carbons (Fsp3) is 0.750. The third kappa shape index (κ3) is 3.37. The maximum atomic E-state index is 12.4. The van der Waals surface area contributed by atoms with Gasteiger partial charge in [-0.15, -0.1) is 0 Å². The minimum atomic E-state index is -4.98. The van der Waals surface area contributed by atoms with Crippen LogP contribution in [0, 0.1) is 0 Å². The van der Waals surface area contributed by atoms with E-state index in [1.807, 2.05) is 0 Å². The average Bonchev–Trinajstić information content (AvgIpc) is 2.12. The van der Waals surface area contributed by atoms with Crippen molar-refractivity contribution in [2.24, 2.45) is 0 Å².